The molecule has 27 heavy (non-hydrogen) atoms. The number of esters is 1. The molecule has 0 radical (unpaired) electrons. The Morgan fingerprint density at radius 2 is 2.00 bits per heavy atom. The second-order valence-electron chi connectivity index (χ2n) is 6.61. The topological polar surface area (TPSA) is 72.0 Å². The number of hydrogen-bond acceptors (Lipinski definition) is 5. The Kier molecular flexibility index (Phi) is 4.90. The highest BCUT2D eigenvalue weighted by Gasteiger charge is 2.18. The predicted molar refractivity (Wildman–Crippen MR) is 108 cm³/mol. The SMILES string of the molecule is COC(=O)c1ccccc1/C=C/c1nc2sc3c(c2c(=O)[nH]1)CCCCC3. The first kappa shape index (κ1) is 17.7. The Hall–Kier alpha value is -2.73. The van der Waals surface area contributed by atoms with Gasteiger partial charge >= 0.3 is 5.97 Å². The number of aromatic nitrogens is 2. The molecule has 0 amide bonds. The third-order valence-corrected chi connectivity index (χ3v) is 6.07. The van der Waals surface area contributed by atoms with Crippen LogP contribution in [0.15, 0.2) is 29.1 Å². The summed E-state index contributed by atoms with van der Waals surface area (Å²) in [7, 11) is 1.36. The van der Waals surface area contributed by atoms with Crippen LogP contribution in [-0.2, 0) is 17.6 Å². The van der Waals surface area contributed by atoms with Gasteiger partial charge in [-0.05, 0) is 49.0 Å². The van der Waals surface area contributed by atoms with Crippen LogP contribution in [0.5, 0.6) is 0 Å². The molecule has 0 fully saturated rings. The summed E-state index contributed by atoms with van der Waals surface area (Å²) in [5, 5.41) is 0.754. The molecule has 1 N–H and O–H groups in total. The lowest BCUT2D eigenvalue weighted by Crippen LogP contribution is -2.10. The first-order chi connectivity index (χ1) is 13.2. The van der Waals surface area contributed by atoms with Crippen LogP contribution in [0.1, 0.15) is 51.4 Å². The minimum atomic E-state index is -0.394. The van der Waals surface area contributed by atoms with Gasteiger partial charge in [0, 0.05) is 4.88 Å². The lowest BCUT2D eigenvalue weighted by Gasteiger charge is -2.03. The fourth-order valence-electron chi connectivity index (χ4n) is 3.54. The molecular formula is C21H20N2O3S. The average molecular weight is 380 g/mol. The number of H-pyrrole nitrogens is 1. The molecule has 0 saturated heterocycles. The molecule has 0 aliphatic heterocycles. The van der Waals surface area contributed by atoms with Crippen LogP contribution < -0.4 is 5.56 Å². The monoisotopic (exact) mass is 380 g/mol. The van der Waals surface area contributed by atoms with Gasteiger partial charge < -0.3 is 9.72 Å². The molecule has 4 rings (SSSR count). The van der Waals surface area contributed by atoms with Crippen molar-refractivity contribution in [3.8, 4) is 0 Å². The quantitative estimate of drug-likeness (QED) is 0.546. The van der Waals surface area contributed by atoms with Crippen molar-refractivity contribution in [2.45, 2.75) is 32.1 Å². The second kappa shape index (κ2) is 7.48. The Labute approximate surface area is 160 Å². The standard InChI is InChI=1S/C21H20N2O3S/c1-26-21(25)14-8-6-5-7-13(14)11-12-17-22-19(24)18-15-9-3-2-4-10-16(15)27-20(18)23-17/h5-8,11-12H,2-4,9-10H2,1H3,(H,22,23,24)/b12-11+. The highest BCUT2D eigenvalue weighted by Crippen LogP contribution is 2.32. The van der Waals surface area contributed by atoms with Gasteiger partial charge in [0.05, 0.1) is 18.1 Å². The molecule has 0 spiro atoms. The van der Waals surface area contributed by atoms with E-state index >= 15 is 0 Å². The molecule has 2 aromatic heterocycles. The molecule has 2 heterocycles. The molecular weight excluding hydrogens is 360 g/mol. The number of rotatable bonds is 3. The minimum Gasteiger partial charge on any atom is -0.465 e. The third kappa shape index (κ3) is 3.45. The summed E-state index contributed by atoms with van der Waals surface area (Å²) in [6.07, 6.45) is 9.02. The van der Waals surface area contributed by atoms with Gasteiger partial charge in [0.1, 0.15) is 10.7 Å². The van der Waals surface area contributed by atoms with Gasteiger partial charge in [-0.15, -0.1) is 11.3 Å². The van der Waals surface area contributed by atoms with Gasteiger partial charge in [-0.1, -0.05) is 30.7 Å². The van der Waals surface area contributed by atoms with Gasteiger partial charge in [0.15, 0.2) is 0 Å². The maximum absolute atomic E-state index is 12.7. The Balaban J connectivity index is 1.73. The van der Waals surface area contributed by atoms with Gasteiger partial charge in [-0.25, -0.2) is 9.78 Å². The summed E-state index contributed by atoms with van der Waals surface area (Å²) >= 11 is 1.64. The molecule has 138 valence electrons. The van der Waals surface area contributed by atoms with Crippen molar-refractivity contribution in [3.63, 3.8) is 0 Å². The Morgan fingerprint density at radius 1 is 1.19 bits per heavy atom. The van der Waals surface area contributed by atoms with E-state index in [1.165, 1.54) is 30.4 Å². The third-order valence-electron chi connectivity index (χ3n) is 4.88. The van der Waals surface area contributed by atoms with E-state index in [1.54, 1.807) is 35.6 Å². The predicted octanol–water partition coefficient (Wildman–Crippen LogP) is 4.21. The maximum atomic E-state index is 12.7. The van der Waals surface area contributed by atoms with Crippen molar-refractivity contribution in [1.82, 2.24) is 9.97 Å². The number of carbonyl (C=O) groups is 1. The van der Waals surface area contributed by atoms with E-state index in [2.05, 4.69) is 9.97 Å². The van der Waals surface area contributed by atoms with Crippen molar-refractivity contribution >= 4 is 39.7 Å². The number of hydrogen-bond donors (Lipinski definition) is 1. The van der Waals surface area contributed by atoms with Crippen molar-refractivity contribution in [2.24, 2.45) is 0 Å². The van der Waals surface area contributed by atoms with Crippen molar-refractivity contribution in [1.29, 1.82) is 0 Å². The highest BCUT2D eigenvalue weighted by atomic mass is 32.1. The first-order valence-corrected chi connectivity index (χ1v) is 9.89. The number of methoxy groups -OCH3 is 1. The van der Waals surface area contributed by atoms with Crippen LogP contribution in [0.2, 0.25) is 0 Å². The average Bonchev–Trinajstić information content (AvgIpc) is 2.88. The van der Waals surface area contributed by atoms with Crippen molar-refractivity contribution < 1.29 is 9.53 Å². The van der Waals surface area contributed by atoms with Crippen LogP contribution in [0.4, 0.5) is 0 Å². The Bertz CT molecular complexity index is 1090. The molecule has 1 aromatic carbocycles. The van der Waals surface area contributed by atoms with E-state index in [4.69, 9.17) is 4.74 Å². The first-order valence-electron chi connectivity index (χ1n) is 9.07. The summed E-state index contributed by atoms with van der Waals surface area (Å²) in [5.41, 5.74) is 2.30. The van der Waals surface area contributed by atoms with Crippen LogP contribution in [-0.4, -0.2) is 23.0 Å². The lowest BCUT2D eigenvalue weighted by molar-refractivity contribution is 0.0600. The van der Waals surface area contributed by atoms with E-state index in [0.29, 0.717) is 17.0 Å². The number of carbonyl (C=O) groups excluding carboxylic acids is 1. The number of aromatic amines is 1. The maximum Gasteiger partial charge on any atom is 0.338 e. The fourth-order valence-corrected chi connectivity index (χ4v) is 4.81. The largest absolute Gasteiger partial charge is 0.465 e. The highest BCUT2D eigenvalue weighted by molar-refractivity contribution is 7.18. The van der Waals surface area contributed by atoms with Gasteiger partial charge in [0.2, 0.25) is 0 Å². The molecule has 0 bridgehead atoms. The van der Waals surface area contributed by atoms with Gasteiger partial charge in [-0.2, -0.15) is 0 Å². The number of benzene rings is 1. The zero-order valence-electron chi connectivity index (χ0n) is 15.1. The molecule has 3 aromatic rings. The van der Waals surface area contributed by atoms with Crippen molar-refractivity contribution in [2.75, 3.05) is 7.11 Å². The van der Waals surface area contributed by atoms with Crippen LogP contribution >= 0.6 is 11.3 Å². The van der Waals surface area contributed by atoms with E-state index < -0.39 is 5.97 Å². The van der Waals surface area contributed by atoms with Gasteiger partial charge in [-0.3, -0.25) is 4.79 Å². The number of aryl methyl sites for hydroxylation is 2. The van der Waals surface area contributed by atoms with E-state index in [0.717, 1.165) is 29.5 Å². The van der Waals surface area contributed by atoms with Gasteiger partial charge in [0.25, 0.3) is 5.56 Å². The zero-order valence-corrected chi connectivity index (χ0v) is 15.9. The summed E-state index contributed by atoms with van der Waals surface area (Å²) in [5.74, 6) is 0.0951. The van der Waals surface area contributed by atoms with E-state index in [1.807, 2.05) is 12.1 Å². The van der Waals surface area contributed by atoms with Crippen molar-refractivity contribution in [3.05, 3.63) is 62.0 Å². The summed E-state index contributed by atoms with van der Waals surface area (Å²) in [4.78, 5) is 34.2. The molecule has 1 aliphatic carbocycles. The van der Waals surface area contributed by atoms with E-state index in [9.17, 15) is 9.59 Å². The molecule has 6 heteroatoms. The summed E-state index contributed by atoms with van der Waals surface area (Å²) in [6.45, 7) is 0. The normalized spacial score (nSPS) is 14.3. The summed E-state index contributed by atoms with van der Waals surface area (Å²) in [6, 6.07) is 7.17. The number of fused-ring (bicyclic) bond motifs is 3. The zero-order chi connectivity index (χ0) is 18.8. The molecule has 0 atom stereocenters. The molecule has 0 saturated carbocycles. The minimum absolute atomic E-state index is 0.0831. The van der Waals surface area contributed by atoms with Crippen LogP contribution in [0.25, 0.3) is 22.4 Å². The molecule has 0 unspecified atom stereocenters. The molecule has 5 nitrogen and oxygen atoms in total. The number of nitrogens with one attached hydrogen (secondary N) is 1. The van der Waals surface area contributed by atoms with Crippen LogP contribution in [0.3, 0.4) is 0 Å². The lowest BCUT2D eigenvalue weighted by atomic mass is 10.1. The molecule has 1 aliphatic rings. The fraction of sp³-hybridized carbons (Fsp3) is 0.286. The second-order valence-corrected chi connectivity index (χ2v) is 7.69. The number of nitrogens with zero attached hydrogens (tertiary/aromatic N) is 1. The number of ether oxygens (including phenoxy) is 1. The van der Waals surface area contributed by atoms with E-state index in [-0.39, 0.29) is 5.56 Å². The smallest absolute Gasteiger partial charge is 0.338 e. The van der Waals surface area contributed by atoms with Crippen LogP contribution in [0, 0.1) is 0 Å². The number of thiophene rings is 1. The Morgan fingerprint density at radius 3 is 2.85 bits per heavy atom. The summed E-state index contributed by atoms with van der Waals surface area (Å²) < 4.78 is 4.82.